The number of hydrogen-bond donors (Lipinski definition) is 0. The van der Waals surface area contributed by atoms with Crippen LogP contribution in [0.15, 0.2) is 48.5 Å². The second-order valence-electron chi connectivity index (χ2n) is 3.48. The van der Waals surface area contributed by atoms with Crippen LogP contribution in [0.2, 0.25) is 0 Å². The molecule has 0 N–H and O–H groups in total. The van der Waals surface area contributed by atoms with Crippen LogP contribution in [-0.2, 0) is 0 Å². The molecule has 3 aromatic rings. The van der Waals surface area contributed by atoms with Crippen molar-refractivity contribution in [2.75, 3.05) is 0 Å². The minimum Gasteiger partial charge on any atom is -0.430 e. The molecule has 17 heavy (non-hydrogen) atoms. The van der Waals surface area contributed by atoms with E-state index >= 15 is 0 Å². The van der Waals surface area contributed by atoms with Crippen LogP contribution in [-0.4, -0.2) is 4.98 Å². The highest BCUT2D eigenvalue weighted by Crippen LogP contribution is 2.32. The van der Waals surface area contributed by atoms with Crippen molar-refractivity contribution in [1.82, 2.24) is 4.98 Å². The summed E-state index contributed by atoms with van der Waals surface area (Å²) in [5.41, 5.74) is 0.985. The third-order valence-corrected chi connectivity index (χ3v) is 4.11. The summed E-state index contributed by atoms with van der Waals surface area (Å²) < 4.78 is 8.03. The van der Waals surface area contributed by atoms with Crippen LogP contribution in [0.1, 0.15) is 0 Å². The molecule has 84 valence electrons. The number of nitrogens with zero attached hydrogens (tertiary/aromatic N) is 1. The van der Waals surface area contributed by atoms with Crippen molar-refractivity contribution in [3.8, 4) is 10.9 Å². The van der Waals surface area contributed by atoms with Gasteiger partial charge in [-0.2, -0.15) is 0 Å². The van der Waals surface area contributed by atoms with Gasteiger partial charge >= 0.3 is 0 Å². The lowest BCUT2D eigenvalue weighted by Gasteiger charge is -2.02. The molecule has 0 saturated heterocycles. The summed E-state index contributed by atoms with van der Waals surface area (Å²) in [6.45, 7) is 0. The molecule has 0 aliphatic rings. The predicted octanol–water partition coefficient (Wildman–Crippen LogP) is 4.69. The van der Waals surface area contributed by atoms with Gasteiger partial charge in [0.25, 0.3) is 5.19 Å². The van der Waals surface area contributed by atoms with E-state index in [9.17, 15) is 0 Å². The zero-order valence-corrected chi connectivity index (χ0v) is 11.7. The summed E-state index contributed by atoms with van der Waals surface area (Å²) in [5.74, 6) is 0.854. The molecule has 0 spiro atoms. The summed E-state index contributed by atoms with van der Waals surface area (Å²) in [6.07, 6.45) is 0. The van der Waals surface area contributed by atoms with Crippen molar-refractivity contribution in [2.24, 2.45) is 0 Å². The van der Waals surface area contributed by atoms with Crippen molar-refractivity contribution in [3.05, 3.63) is 52.1 Å². The average Bonchev–Trinajstić information content (AvgIpc) is 2.74. The Morgan fingerprint density at radius 3 is 2.59 bits per heavy atom. The van der Waals surface area contributed by atoms with Crippen LogP contribution in [0, 0.1) is 3.57 Å². The van der Waals surface area contributed by atoms with E-state index in [1.807, 2.05) is 42.5 Å². The summed E-state index contributed by atoms with van der Waals surface area (Å²) in [4.78, 5) is 4.44. The molecule has 0 fully saturated rings. The topological polar surface area (TPSA) is 22.1 Å². The quantitative estimate of drug-likeness (QED) is 0.624. The molecule has 2 nitrogen and oxygen atoms in total. The second kappa shape index (κ2) is 4.62. The first-order valence-corrected chi connectivity index (χ1v) is 7.00. The number of para-hydroxylation sites is 2. The van der Waals surface area contributed by atoms with Gasteiger partial charge in [-0.3, -0.25) is 0 Å². The molecule has 0 unspecified atom stereocenters. The SMILES string of the molecule is Ic1ccccc1Oc1nc2ccccc2s1. The summed E-state index contributed by atoms with van der Waals surface area (Å²) in [6, 6.07) is 16.0. The maximum absolute atomic E-state index is 5.79. The van der Waals surface area contributed by atoms with Gasteiger partial charge in [-0.25, -0.2) is 4.98 Å². The molecule has 0 amide bonds. The third-order valence-electron chi connectivity index (χ3n) is 2.31. The first-order chi connectivity index (χ1) is 8.33. The number of hydrogen-bond acceptors (Lipinski definition) is 3. The van der Waals surface area contributed by atoms with E-state index < -0.39 is 0 Å². The standard InChI is InChI=1S/C13H8INOS/c14-9-5-1-3-7-11(9)16-13-15-10-6-2-4-8-12(10)17-13/h1-8H. The van der Waals surface area contributed by atoms with Gasteiger partial charge in [0, 0.05) is 0 Å². The van der Waals surface area contributed by atoms with E-state index in [2.05, 4.69) is 33.6 Å². The van der Waals surface area contributed by atoms with Gasteiger partial charge in [0.05, 0.1) is 13.8 Å². The van der Waals surface area contributed by atoms with Crippen molar-refractivity contribution in [3.63, 3.8) is 0 Å². The number of halogens is 1. The van der Waals surface area contributed by atoms with Crippen molar-refractivity contribution < 1.29 is 4.74 Å². The summed E-state index contributed by atoms with van der Waals surface area (Å²) >= 11 is 3.82. The molecule has 0 saturated carbocycles. The van der Waals surface area contributed by atoms with Crippen molar-refractivity contribution in [2.45, 2.75) is 0 Å². The van der Waals surface area contributed by atoms with Crippen LogP contribution in [0.3, 0.4) is 0 Å². The van der Waals surface area contributed by atoms with Crippen molar-refractivity contribution in [1.29, 1.82) is 0 Å². The Morgan fingerprint density at radius 2 is 1.76 bits per heavy atom. The highest BCUT2D eigenvalue weighted by Gasteiger charge is 2.06. The van der Waals surface area contributed by atoms with Crippen LogP contribution >= 0.6 is 33.9 Å². The number of benzene rings is 2. The van der Waals surface area contributed by atoms with Crippen LogP contribution in [0.25, 0.3) is 10.2 Å². The van der Waals surface area contributed by atoms with E-state index in [1.165, 1.54) is 0 Å². The monoisotopic (exact) mass is 353 g/mol. The van der Waals surface area contributed by atoms with E-state index in [-0.39, 0.29) is 0 Å². The first kappa shape index (κ1) is 11.0. The van der Waals surface area contributed by atoms with Gasteiger partial charge in [0.15, 0.2) is 0 Å². The lowest BCUT2D eigenvalue weighted by molar-refractivity contribution is 0.477. The van der Waals surface area contributed by atoms with E-state index in [1.54, 1.807) is 11.3 Å². The largest absolute Gasteiger partial charge is 0.430 e. The Bertz CT molecular complexity index is 632. The Morgan fingerprint density at radius 1 is 1.00 bits per heavy atom. The normalized spacial score (nSPS) is 10.6. The smallest absolute Gasteiger partial charge is 0.279 e. The average molecular weight is 353 g/mol. The molecule has 1 aromatic heterocycles. The number of ether oxygens (including phenoxy) is 1. The molecule has 0 aliphatic carbocycles. The van der Waals surface area contributed by atoms with E-state index in [0.29, 0.717) is 5.19 Å². The van der Waals surface area contributed by atoms with Crippen LogP contribution in [0.5, 0.6) is 10.9 Å². The zero-order chi connectivity index (χ0) is 11.7. The molecule has 0 atom stereocenters. The number of thiazole rings is 1. The van der Waals surface area contributed by atoms with E-state index in [0.717, 1.165) is 19.5 Å². The van der Waals surface area contributed by atoms with Crippen LogP contribution < -0.4 is 4.74 Å². The minimum atomic E-state index is 0.690. The van der Waals surface area contributed by atoms with Crippen molar-refractivity contribution >= 4 is 44.1 Å². The Kier molecular flexibility index (Phi) is 2.98. The molecule has 0 bridgehead atoms. The maximum atomic E-state index is 5.79. The summed E-state index contributed by atoms with van der Waals surface area (Å²) in [7, 11) is 0. The van der Waals surface area contributed by atoms with Gasteiger partial charge < -0.3 is 4.74 Å². The lowest BCUT2D eigenvalue weighted by Crippen LogP contribution is -1.85. The predicted molar refractivity (Wildman–Crippen MR) is 78.9 cm³/mol. The zero-order valence-electron chi connectivity index (χ0n) is 8.76. The minimum absolute atomic E-state index is 0.690. The molecular formula is C13H8INOS. The lowest BCUT2D eigenvalue weighted by atomic mass is 10.3. The molecule has 0 aliphatic heterocycles. The first-order valence-electron chi connectivity index (χ1n) is 5.11. The fourth-order valence-electron chi connectivity index (χ4n) is 1.52. The Labute approximate surface area is 116 Å². The molecular weight excluding hydrogens is 345 g/mol. The molecule has 1 heterocycles. The van der Waals surface area contributed by atoms with Gasteiger partial charge in [-0.05, 0) is 46.9 Å². The highest BCUT2D eigenvalue weighted by molar-refractivity contribution is 14.1. The third kappa shape index (κ3) is 2.28. The van der Waals surface area contributed by atoms with Gasteiger partial charge in [-0.15, -0.1) is 0 Å². The van der Waals surface area contributed by atoms with E-state index in [4.69, 9.17) is 4.74 Å². The highest BCUT2D eigenvalue weighted by atomic mass is 127. The fraction of sp³-hybridized carbons (Fsp3) is 0. The maximum Gasteiger partial charge on any atom is 0.279 e. The number of aromatic nitrogens is 1. The molecule has 0 radical (unpaired) electrons. The van der Waals surface area contributed by atoms with Gasteiger partial charge in [0.1, 0.15) is 5.75 Å². The Hall–Kier alpha value is -1.14. The van der Waals surface area contributed by atoms with Gasteiger partial charge in [-0.1, -0.05) is 35.6 Å². The van der Waals surface area contributed by atoms with Gasteiger partial charge in [0.2, 0.25) is 0 Å². The second-order valence-corrected chi connectivity index (χ2v) is 5.64. The fourth-order valence-corrected chi connectivity index (χ4v) is 2.84. The number of fused-ring (bicyclic) bond motifs is 1. The molecule has 3 rings (SSSR count). The molecule has 2 aromatic carbocycles. The Balaban J connectivity index is 1.98. The van der Waals surface area contributed by atoms with Crippen LogP contribution in [0.4, 0.5) is 0 Å². The summed E-state index contributed by atoms with van der Waals surface area (Å²) in [5, 5.41) is 0.690. The molecule has 4 heteroatoms. The number of rotatable bonds is 2.